The van der Waals surface area contributed by atoms with E-state index in [9.17, 15) is 0 Å². The molecule has 0 aliphatic heterocycles. The van der Waals surface area contributed by atoms with Crippen LogP contribution in [0.15, 0.2) is 48.8 Å². The van der Waals surface area contributed by atoms with Gasteiger partial charge in [0, 0.05) is 6.07 Å². The summed E-state index contributed by atoms with van der Waals surface area (Å²) in [6, 6.07) is 12.0. The molecule has 0 spiro atoms. The van der Waals surface area contributed by atoms with E-state index in [1.807, 2.05) is 47.3 Å². The van der Waals surface area contributed by atoms with Gasteiger partial charge < -0.3 is 10.1 Å². The van der Waals surface area contributed by atoms with Crippen LogP contribution in [0.25, 0.3) is 11.0 Å². The molecule has 6 heteroatoms. The van der Waals surface area contributed by atoms with Crippen molar-refractivity contribution in [2.45, 2.75) is 65.3 Å². The fourth-order valence-electron chi connectivity index (χ4n) is 3.24. The summed E-state index contributed by atoms with van der Waals surface area (Å²) in [7, 11) is 0. The Balaban J connectivity index is 1.37. The lowest BCUT2D eigenvalue weighted by Crippen LogP contribution is -2.34. The van der Waals surface area contributed by atoms with E-state index in [2.05, 4.69) is 33.3 Å². The van der Waals surface area contributed by atoms with Gasteiger partial charge in [0.15, 0.2) is 12.4 Å². The molecule has 0 saturated carbocycles. The summed E-state index contributed by atoms with van der Waals surface area (Å²) in [5, 5.41) is 11.8. The zero-order valence-electron chi connectivity index (χ0n) is 16.9. The van der Waals surface area contributed by atoms with Crippen LogP contribution < -0.4 is 9.88 Å². The van der Waals surface area contributed by atoms with Crippen LogP contribution >= 0.6 is 0 Å². The van der Waals surface area contributed by atoms with E-state index in [-0.39, 0.29) is 0 Å². The maximum Gasteiger partial charge on any atom is 0.252 e. The second-order valence-corrected chi connectivity index (χ2v) is 7.18. The van der Waals surface area contributed by atoms with Crippen LogP contribution in [0.5, 0.6) is 0 Å². The third kappa shape index (κ3) is 6.30. The van der Waals surface area contributed by atoms with E-state index in [1.165, 1.54) is 38.5 Å². The van der Waals surface area contributed by atoms with E-state index >= 15 is 0 Å². The van der Waals surface area contributed by atoms with Gasteiger partial charge in [-0.25, -0.2) is 4.68 Å². The minimum atomic E-state index is 0.573. The maximum absolute atomic E-state index is 5.82. The zero-order valence-corrected chi connectivity index (χ0v) is 16.9. The second kappa shape index (κ2) is 11.4. The third-order valence-electron chi connectivity index (χ3n) is 4.84. The molecule has 0 bridgehead atoms. The van der Waals surface area contributed by atoms with Crippen molar-refractivity contribution in [2.75, 3.05) is 11.9 Å². The van der Waals surface area contributed by atoms with Gasteiger partial charge in [-0.3, -0.25) is 0 Å². The summed E-state index contributed by atoms with van der Waals surface area (Å²) in [6.07, 6.45) is 13.2. The third-order valence-corrected chi connectivity index (χ3v) is 4.84. The highest BCUT2D eigenvalue weighted by atomic mass is 16.5. The number of pyridine rings is 1. The Morgan fingerprint density at radius 2 is 1.82 bits per heavy atom. The summed E-state index contributed by atoms with van der Waals surface area (Å²) >= 11 is 0. The smallest absolute Gasteiger partial charge is 0.252 e. The summed E-state index contributed by atoms with van der Waals surface area (Å²) < 4.78 is 9.74. The Hall–Kier alpha value is -2.47. The number of para-hydroxylation sites is 1. The van der Waals surface area contributed by atoms with Crippen molar-refractivity contribution >= 4 is 16.7 Å². The van der Waals surface area contributed by atoms with Gasteiger partial charge in [-0.2, -0.15) is 4.57 Å². The zero-order chi connectivity index (χ0) is 19.4. The first kappa shape index (κ1) is 20.3. The number of ether oxygens (including phenoxy) is 1. The number of unbranched alkanes of at least 4 members (excludes halogenated alkanes) is 6. The van der Waals surface area contributed by atoms with Crippen molar-refractivity contribution in [3.05, 3.63) is 48.8 Å². The lowest BCUT2D eigenvalue weighted by molar-refractivity contribution is -0.732. The van der Waals surface area contributed by atoms with Crippen LogP contribution in [0.2, 0.25) is 0 Å². The van der Waals surface area contributed by atoms with Gasteiger partial charge in [-0.05, 0) is 24.6 Å². The number of nitrogens with one attached hydrogen (secondary N) is 1. The molecule has 2 aromatic heterocycles. The first-order valence-corrected chi connectivity index (χ1v) is 10.5. The molecule has 28 heavy (non-hydrogen) atoms. The van der Waals surface area contributed by atoms with Gasteiger partial charge in [-0.1, -0.05) is 62.8 Å². The molecular weight excluding hydrogens is 350 g/mol. The normalized spacial score (nSPS) is 11.2. The Kier molecular flexibility index (Phi) is 8.25. The first-order valence-electron chi connectivity index (χ1n) is 10.5. The van der Waals surface area contributed by atoms with Crippen molar-refractivity contribution in [3.63, 3.8) is 0 Å². The van der Waals surface area contributed by atoms with E-state index in [4.69, 9.17) is 4.74 Å². The van der Waals surface area contributed by atoms with Gasteiger partial charge in [0.25, 0.3) is 6.73 Å². The van der Waals surface area contributed by atoms with Gasteiger partial charge in [0.2, 0.25) is 0 Å². The molecule has 6 nitrogen and oxygen atoms in total. The minimum absolute atomic E-state index is 0.573. The molecule has 1 N–H and O–H groups in total. The van der Waals surface area contributed by atoms with Crippen LogP contribution in [0.4, 0.5) is 5.69 Å². The molecule has 0 aliphatic carbocycles. The van der Waals surface area contributed by atoms with Crippen LogP contribution in [0, 0.1) is 0 Å². The van der Waals surface area contributed by atoms with Gasteiger partial charge >= 0.3 is 0 Å². The Morgan fingerprint density at radius 3 is 2.71 bits per heavy atom. The monoisotopic (exact) mass is 382 g/mol. The number of hydrogen-bond acceptors (Lipinski definition) is 4. The summed E-state index contributed by atoms with van der Waals surface area (Å²) in [6.45, 7) is 4.23. The number of fused-ring (bicyclic) bond motifs is 1. The van der Waals surface area contributed by atoms with Gasteiger partial charge in [0.1, 0.15) is 17.9 Å². The van der Waals surface area contributed by atoms with Crippen LogP contribution in [-0.4, -0.2) is 21.6 Å². The molecule has 3 aromatic rings. The molecule has 0 amide bonds. The number of nitrogens with zero attached hydrogens (tertiary/aromatic N) is 4. The lowest BCUT2D eigenvalue weighted by Gasteiger charge is -2.06. The van der Waals surface area contributed by atoms with Gasteiger partial charge in [0.05, 0.1) is 12.1 Å². The topological polar surface area (TPSA) is 55.9 Å². The number of hydrogen-bond donors (Lipinski definition) is 1. The quantitative estimate of drug-likeness (QED) is 0.349. The Morgan fingerprint density at radius 1 is 1.00 bits per heavy atom. The molecule has 1 aromatic carbocycles. The highest BCUT2D eigenvalue weighted by Gasteiger charge is 2.05. The fraction of sp³-hybridized carbons (Fsp3) is 0.500. The second-order valence-electron chi connectivity index (χ2n) is 7.18. The summed E-state index contributed by atoms with van der Waals surface area (Å²) in [5.41, 5.74) is 2.96. The maximum atomic E-state index is 5.82. The van der Waals surface area contributed by atoms with E-state index in [1.54, 1.807) is 0 Å². The highest BCUT2D eigenvalue weighted by Crippen LogP contribution is 2.10. The van der Waals surface area contributed by atoms with Crippen molar-refractivity contribution in [1.82, 2.24) is 15.0 Å². The fourth-order valence-corrected chi connectivity index (χ4v) is 3.24. The number of rotatable bonds is 13. The lowest BCUT2D eigenvalue weighted by atomic mass is 10.1. The largest absolute Gasteiger partial charge is 0.361 e. The molecule has 0 saturated heterocycles. The Labute approximate surface area is 167 Å². The molecule has 150 valence electrons. The van der Waals surface area contributed by atoms with Crippen molar-refractivity contribution in [1.29, 1.82) is 0 Å². The standard InChI is InChI=1S/C22H32N5O/c1-2-3-4-5-6-7-10-16-28-19-26-15-11-12-20(17-26)23-18-27-22-14-9-8-13-21(22)24-25-27/h8-9,11-15,17,23H,2-7,10,16,18-19H2,1H3/q+1. The van der Waals surface area contributed by atoms with E-state index in [0.717, 1.165) is 29.7 Å². The van der Waals surface area contributed by atoms with Crippen molar-refractivity contribution in [2.24, 2.45) is 0 Å². The molecule has 0 atom stereocenters. The first-order chi connectivity index (χ1) is 13.9. The molecule has 0 radical (unpaired) electrons. The van der Waals surface area contributed by atoms with Crippen molar-refractivity contribution < 1.29 is 9.30 Å². The van der Waals surface area contributed by atoms with Crippen LogP contribution in [0.3, 0.4) is 0 Å². The van der Waals surface area contributed by atoms with Crippen LogP contribution in [0.1, 0.15) is 51.9 Å². The molecular formula is C22H32N5O+. The molecule has 2 heterocycles. The molecule has 0 unspecified atom stereocenters. The highest BCUT2D eigenvalue weighted by molar-refractivity contribution is 5.73. The molecule has 3 rings (SSSR count). The average molecular weight is 383 g/mol. The van der Waals surface area contributed by atoms with Gasteiger partial charge in [-0.15, -0.1) is 5.10 Å². The molecule has 0 fully saturated rings. The average Bonchev–Trinajstić information content (AvgIpc) is 3.14. The van der Waals surface area contributed by atoms with E-state index in [0.29, 0.717) is 13.4 Å². The Bertz CT molecular complexity index is 832. The number of benzene rings is 1. The van der Waals surface area contributed by atoms with Crippen LogP contribution in [-0.2, 0) is 18.1 Å². The minimum Gasteiger partial charge on any atom is -0.361 e. The van der Waals surface area contributed by atoms with E-state index < -0.39 is 0 Å². The SMILES string of the molecule is CCCCCCCCCOC[n+]1cccc(NCn2nnc3ccccc32)c1. The summed E-state index contributed by atoms with van der Waals surface area (Å²) in [5.74, 6) is 0. The number of anilines is 1. The van der Waals surface area contributed by atoms with Crippen molar-refractivity contribution in [3.8, 4) is 0 Å². The predicted molar refractivity (Wildman–Crippen MR) is 112 cm³/mol. The predicted octanol–water partition coefficient (Wildman–Crippen LogP) is 4.51. The summed E-state index contributed by atoms with van der Waals surface area (Å²) in [4.78, 5) is 0. The molecule has 0 aliphatic rings. The number of aromatic nitrogens is 4.